The van der Waals surface area contributed by atoms with E-state index in [0.29, 0.717) is 5.56 Å². The van der Waals surface area contributed by atoms with E-state index in [-0.39, 0.29) is 11.4 Å². The molecule has 0 N–H and O–H groups in total. The predicted molar refractivity (Wildman–Crippen MR) is 94.9 cm³/mol. The minimum Gasteiger partial charge on any atom is -0.333 e. The van der Waals surface area contributed by atoms with Crippen LogP contribution in [0.4, 0.5) is 0 Å². The van der Waals surface area contributed by atoms with Crippen LogP contribution < -0.4 is 0 Å². The van der Waals surface area contributed by atoms with Crippen LogP contribution in [-0.2, 0) is 7.05 Å². The average molecular weight is 342 g/mol. The smallest absolute Gasteiger partial charge is 0.260 e. The molecule has 0 unspecified atom stereocenters. The van der Waals surface area contributed by atoms with E-state index >= 15 is 0 Å². The van der Waals surface area contributed by atoms with E-state index in [0.717, 1.165) is 56.0 Å². The molecule has 4 rings (SSSR count). The van der Waals surface area contributed by atoms with Gasteiger partial charge in [-0.25, -0.2) is 9.36 Å². The topological polar surface area (TPSA) is 59.2 Å². The first-order valence-corrected chi connectivity index (χ1v) is 8.97. The summed E-state index contributed by atoms with van der Waals surface area (Å²) in [6, 6.07) is 0. The summed E-state index contributed by atoms with van der Waals surface area (Å²) < 4.78 is 3.53. The second kappa shape index (κ2) is 5.69. The minimum absolute atomic E-state index is 0.0448. The van der Waals surface area contributed by atoms with Crippen molar-refractivity contribution in [2.75, 3.05) is 26.7 Å². The Hall–Kier alpha value is -2.15. The molecule has 134 valence electrons. The molecule has 1 amide bonds. The number of rotatable bonds is 2. The Bertz CT molecular complexity index is 812. The highest BCUT2D eigenvalue weighted by atomic mass is 16.2. The molecule has 0 atom stereocenters. The second-order valence-corrected chi connectivity index (χ2v) is 7.60. The summed E-state index contributed by atoms with van der Waals surface area (Å²) in [5.74, 6) is 0.857. The van der Waals surface area contributed by atoms with Gasteiger partial charge in [-0.1, -0.05) is 0 Å². The Kier molecular flexibility index (Phi) is 3.72. The van der Waals surface area contributed by atoms with Gasteiger partial charge in [0, 0.05) is 38.4 Å². The van der Waals surface area contributed by atoms with Gasteiger partial charge in [0.25, 0.3) is 5.91 Å². The van der Waals surface area contributed by atoms with Crippen LogP contribution in [0, 0.1) is 13.8 Å². The lowest BCUT2D eigenvalue weighted by molar-refractivity contribution is -0.0350. The van der Waals surface area contributed by atoms with Crippen molar-refractivity contribution < 1.29 is 4.79 Å². The van der Waals surface area contributed by atoms with Gasteiger partial charge in [-0.15, -0.1) is 0 Å². The number of aromatic nitrogens is 4. The second-order valence-electron chi connectivity index (χ2n) is 7.60. The Morgan fingerprint density at radius 2 is 1.80 bits per heavy atom. The van der Waals surface area contributed by atoms with Gasteiger partial charge in [-0.2, -0.15) is 10.2 Å². The zero-order valence-electron chi connectivity index (χ0n) is 15.5. The van der Waals surface area contributed by atoms with E-state index in [4.69, 9.17) is 0 Å². The lowest BCUT2D eigenvalue weighted by atomic mass is 9.76. The van der Waals surface area contributed by atoms with Crippen molar-refractivity contribution in [3.8, 4) is 5.82 Å². The SMILES string of the molecule is Cc1cnn(-c2c(C(=O)N3CCC34CCN(C)CC4)c(C)nn2C)c1. The third-order valence-electron chi connectivity index (χ3n) is 5.87. The van der Waals surface area contributed by atoms with Crippen molar-refractivity contribution in [2.45, 2.75) is 38.6 Å². The molecule has 4 heterocycles. The zero-order valence-corrected chi connectivity index (χ0v) is 15.5. The third kappa shape index (κ3) is 2.49. The standard InChI is InChI=1S/C18H26N6O/c1-13-11-19-24(12-13)16-15(14(2)20-22(16)4)17(25)23-10-7-18(23)5-8-21(3)9-6-18/h11-12H,5-10H2,1-4H3. The first-order valence-electron chi connectivity index (χ1n) is 8.97. The highest BCUT2D eigenvalue weighted by molar-refractivity contribution is 5.99. The molecule has 0 bridgehead atoms. The molecular formula is C18H26N6O. The molecule has 7 heteroatoms. The molecular weight excluding hydrogens is 316 g/mol. The van der Waals surface area contributed by atoms with E-state index in [1.165, 1.54) is 0 Å². The fraction of sp³-hybridized carbons (Fsp3) is 0.611. The van der Waals surface area contributed by atoms with Crippen LogP contribution in [0.3, 0.4) is 0 Å². The molecule has 2 aromatic heterocycles. The lowest BCUT2D eigenvalue weighted by Gasteiger charge is -2.56. The van der Waals surface area contributed by atoms with Crippen molar-refractivity contribution in [1.82, 2.24) is 29.4 Å². The Balaban J connectivity index is 1.69. The van der Waals surface area contributed by atoms with Gasteiger partial charge in [0.2, 0.25) is 0 Å². The van der Waals surface area contributed by atoms with Gasteiger partial charge >= 0.3 is 0 Å². The molecule has 2 aromatic rings. The third-order valence-corrected chi connectivity index (χ3v) is 5.87. The molecule has 7 nitrogen and oxygen atoms in total. The van der Waals surface area contributed by atoms with E-state index in [1.807, 2.05) is 27.1 Å². The van der Waals surface area contributed by atoms with Crippen LogP contribution in [0.1, 0.15) is 40.9 Å². The van der Waals surface area contributed by atoms with Gasteiger partial charge in [0.1, 0.15) is 5.56 Å². The quantitative estimate of drug-likeness (QED) is 0.830. The predicted octanol–water partition coefficient (Wildman–Crippen LogP) is 1.53. The number of piperidine rings is 1. The summed E-state index contributed by atoms with van der Waals surface area (Å²) in [6.07, 6.45) is 6.98. The maximum absolute atomic E-state index is 13.4. The van der Waals surface area contributed by atoms with Gasteiger partial charge < -0.3 is 9.80 Å². The van der Waals surface area contributed by atoms with Crippen LogP contribution in [0.2, 0.25) is 0 Å². The number of carbonyl (C=O) groups is 1. The van der Waals surface area contributed by atoms with Gasteiger partial charge in [-0.3, -0.25) is 4.79 Å². The summed E-state index contributed by atoms with van der Waals surface area (Å²) in [6.45, 7) is 6.86. The molecule has 0 aromatic carbocycles. The zero-order chi connectivity index (χ0) is 17.8. The molecule has 25 heavy (non-hydrogen) atoms. The van der Waals surface area contributed by atoms with Crippen LogP contribution in [0.25, 0.3) is 5.82 Å². The largest absolute Gasteiger partial charge is 0.333 e. The lowest BCUT2D eigenvalue weighted by Crippen LogP contribution is -2.65. The van der Waals surface area contributed by atoms with E-state index in [9.17, 15) is 4.79 Å². The normalized spacial score (nSPS) is 20.1. The summed E-state index contributed by atoms with van der Waals surface area (Å²) in [5, 5.41) is 8.90. The van der Waals surface area contributed by atoms with Crippen LogP contribution in [0.15, 0.2) is 12.4 Å². The van der Waals surface area contributed by atoms with Crippen molar-refractivity contribution in [1.29, 1.82) is 0 Å². The van der Waals surface area contributed by atoms with E-state index in [2.05, 4.69) is 27.0 Å². The molecule has 0 radical (unpaired) electrons. The summed E-state index contributed by atoms with van der Waals surface area (Å²) in [7, 11) is 4.03. The number of carbonyl (C=O) groups excluding carboxylic acids is 1. The highest BCUT2D eigenvalue weighted by Crippen LogP contribution is 2.41. The Labute approximate surface area is 148 Å². The molecule has 1 spiro atoms. The summed E-state index contributed by atoms with van der Waals surface area (Å²) in [4.78, 5) is 17.9. The van der Waals surface area contributed by atoms with Gasteiger partial charge in [0.05, 0.1) is 11.9 Å². The molecule has 0 aliphatic carbocycles. The van der Waals surface area contributed by atoms with Crippen molar-refractivity contribution in [3.63, 3.8) is 0 Å². The summed E-state index contributed by atoms with van der Waals surface area (Å²) in [5.41, 5.74) is 2.56. The first kappa shape index (κ1) is 16.3. The maximum Gasteiger partial charge on any atom is 0.260 e. The number of hydrogen-bond donors (Lipinski definition) is 0. The fourth-order valence-corrected chi connectivity index (χ4v) is 4.23. The van der Waals surface area contributed by atoms with Crippen molar-refractivity contribution >= 4 is 5.91 Å². The monoisotopic (exact) mass is 342 g/mol. The number of likely N-dealkylation sites (tertiary alicyclic amines) is 2. The van der Waals surface area contributed by atoms with Crippen LogP contribution in [0.5, 0.6) is 0 Å². The van der Waals surface area contributed by atoms with E-state index in [1.54, 1.807) is 15.6 Å². The first-order chi connectivity index (χ1) is 11.9. The van der Waals surface area contributed by atoms with E-state index < -0.39 is 0 Å². The minimum atomic E-state index is 0.0448. The number of aryl methyl sites for hydroxylation is 3. The highest BCUT2D eigenvalue weighted by Gasteiger charge is 2.49. The number of nitrogens with zero attached hydrogens (tertiary/aromatic N) is 6. The fourth-order valence-electron chi connectivity index (χ4n) is 4.23. The molecule has 2 saturated heterocycles. The number of amides is 1. The average Bonchev–Trinajstić information content (AvgIpc) is 3.09. The summed E-state index contributed by atoms with van der Waals surface area (Å²) >= 11 is 0. The molecule has 2 aliphatic rings. The Morgan fingerprint density at radius 1 is 1.12 bits per heavy atom. The maximum atomic E-state index is 13.4. The number of hydrogen-bond acceptors (Lipinski definition) is 4. The molecule has 2 aliphatic heterocycles. The Morgan fingerprint density at radius 3 is 2.36 bits per heavy atom. The molecule has 0 saturated carbocycles. The van der Waals surface area contributed by atoms with Crippen LogP contribution in [-0.4, -0.2) is 67.5 Å². The van der Waals surface area contributed by atoms with Gasteiger partial charge in [-0.05, 0) is 45.7 Å². The molecule has 2 fully saturated rings. The van der Waals surface area contributed by atoms with Crippen LogP contribution >= 0.6 is 0 Å². The van der Waals surface area contributed by atoms with Crippen molar-refractivity contribution in [3.05, 3.63) is 29.2 Å². The van der Waals surface area contributed by atoms with Crippen molar-refractivity contribution in [2.24, 2.45) is 7.05 Å². The van der Waals surface area contributed by atoms with Gasteiger partial charge in [0.15, 0.2) is 5.82 Å².